The van der Waals surface area contributed by atoms with Crippen LogP contribution in [0.2, 0.25) is 0 Å². The maximum atomic E-state index is 12.4. The molecule has 2 aromatic rings. The first-order chi connectivity index (χ1) is 11.0. The van der Waals surface area contributed by atoms with E-state index in [-0.39, 0.29) is 17.8 Å². The minimum atomic E-state index is -0.612. The van der Waals surface area contributed by atoms with Gasteiger partial charge in [-0.3, -0.25) is 18.8 Å². The number of fused-ring (bicyclic) bond motifs is 1. The molecule has 1 saturated heterocycles. The second-order valence-electron chi connectivity index (χ2n) is 5.90. The molecule has 1 unspecified atom stereocenters. The van der Waals surface area contributed by atoms with Crippen LogP contribution in [0, 0.1) is 0 Å². The van der Waals surface area contributed by atoms with Gasteiger partial charge in [-0.25, -0.2) is 14.3 Å². The van der Waals surface area contributed by atoms with Gasteiger partial charge in [-0.15, -0.1) is 0 Å². The van der Waals surface area contributed by atoms with Gasteiger partial charge in [-0.2, -0.15) is 0 Å². The topological polar surface area (TPSA) is 96.4 Å². The maximum Gasteiger partial charge on any atom is 0.333 e. The normalized spacial score (nSPS) is 17.7. The van der Waals surface area contributed by atoms with Gasteiger partial charge in [0.25, 0.3) is 11.2 Å². The van der Waals surface area contributed by atoms with E-state index in [0.29, 0.717) is 30.9 Å². The fourth-order valence-corrected chi connectivity index (χ4v) is 2.96. The van der Waals surface area contributed by atoms with Crippen LogP contribution in [-0.2, 0) is 25.4 Å². The summed E-state index contributed by atoms with van der Waals surface area (Å²) in [6.07, 6.45) is 1.01. The molecule has 126 valence electrons. The molecule has 0 aromatic carbocycles. The fraction of sp³-hybridized carbons (Fsp3) is 0.643. The van der Waals surface area contributed by atoms with Crippen molar-refractivity contribution in [1.29, 1.82) is 0 Å². The Balaban J connectivity index is 1.86. The number of ether oxygens (including phenoxy) is 1. The zero-order chi connectivity index (χ0) is 16.6. The third kappa shape index (κ3) is 2.94. The first-order valence-electron chi connectivity index (χ1n) is 7.63. The number of aliphatic hydroxyl groups is 1. The van der Waals surface area contributed by atoms with Gasteiger partial charge in [-0.1, -0.05) is 0 Å². The van der Waals surface area contributed by atoms with Crippen molar-refractivity contribution in [2.45, 2.75) is 12.6 Å². The van der Waals surface area contributed by atoms with E-state index >= 15 is 0 Å². The van der Waals surface area contributed by atoms with Crippen LogP contribution in [-0.4, -0.2) is 63.1 Å². The Labute approximate surface area is 132 Å². The molecule has 0 aliphatic carbocycles. The standard InChI is InChI=1S/C14H21N5O4/c1-16-12-11(13(21)17(2)14(16)22)19(9-15-12)8-10(20)7-18-3-5-23-6-4-18/h9-10,20H,3-8H2,1-2H3/p+1. The van der Waals surface area contributed by atoms with E-state index in [4.69, 9.17) is 4.74 Å². The fourth-order valence-electron chi connectivity index (χ4n) is 2.96. The van der Waals surface area contributed by atoms with Crippen LogP contribution in [0.5, 0.6) is 0 Å². The highest BCUT2D eigenvalue weighted by atomic mass is 16.5. The molecule has 9 heteroatoms. The molecule has 1 aliphatic heterocycles. The lowest BCUT2D eigenvalue weighted by molar-refractivity contribution is -0.679. The number of H-pyrrole nitrogens is 1. The van der Waals surface area contributed by atoms with E-state index in [1.54, 1.807) is 17.9 Å². The lowest BCUT2D eigenvalue weighted by Crippen LogP contribution is -2.49. The van der Waals surface area contributed by atoms with Crippen molar-refractivity contribution in [2.75, 3.05) is 32.8 Å². The molecule has 3 rings (SSSR count). The largest absolute Gasteiger partial charge is 0.388 e. The summed E-state index contributed by atoms with van der Waals surface area (Å²) in [6.45, 7) is 3.75. The van der Waals surface area contributed by atoms with Crippen LogP contribution >= 0.6 is 0 Å². The zero-order valence-electron chi connectivity index (χ0n) is 13.4. The first-order valence-corrected chi connectivity index (χ1v) is 7.63. The van der Waals surface area contributed by atoms with E-state index in [1.807, 2.05) is 0 Å². The number of morpholine rings is 1. The molecule has 0 amide bonds. The molecular formula is C14H22N5O4+. The maximum absolute atomic E-state index is 12.4. The number of rotatable bonds is 4. The summed E-state index contributed by atoms with van der Waals surface area (Å²) in [7, 11) is 3.06. The van der Waals surface area contributed by atoms with Crippen molar-refractivity contribution >= 4 is 11.2 Å². The van der Waals surface area contributed by atoms with Crippen LogP contribution in [0.4, 0.5) is 0 Å². The van der Waals surface area contributed by atoms with Gasteiger partial charge in [0.15, 0.2) is 0 Å². The lowest BCUT2D eigenvalue weighted by atomic mass is 10.3. The third-order valence-electron chi connectivity index (χ3n) is 4.27. The highest BCUT2D eigenvalue weighted by Crippen LogP contribution is 2.01. The Morgan fingerprint density at radius 2 is 2.00 bits per heavy atom. The van der Waals surface area contributed by atoms with Crippen molar-refractivity contribution < 1.29 is 14.4 Å². The molecule has 1 aliphatic rings. The van der Waals surface area contributed by atoms with E-state index in [0.717, 1.165) is 17.7 Å². The Morgan fingerprint density at radius 3 is 2.70 bits per heavy atom. The number of aromatic amines is 1. The average molecular weight is 324 g/mol. The van der Waals surface area contributed by atoms with E-state index in [1.165, 1.54) is 11.6 Å². The summed E-state index contributed by atoms with van der Waals surface area (Å²) in [4.78, 5) is 29.4. The van der Waals surface area contributed by atoms with E-state index in [9.17, 15) is 14.7 Å². The summed E-state index contributed by atoms with van der Waals surface area (Å²) in [5.41, 5.74) is 0.0839. The van der Waals surface area contributed by atoms with Gasteiger partial charge in [0, 0.05) is 33.7 Å². The Bertz CT molecular complexity index is 815. The molecule has 2 aromatic heterocycles. The summed E-state index contributed by atoms with van der Waals surface area (Å²) < 4.78 is 9.42. The highest BCUT2D eigenvalue weighted by molar-refractivity contribution is 5.64. The van der Waals surface area contributed by atoms with Gasteiger partial charge in [0.05, 0.1) is 13.2 Å². The number of aryl methyl sites for hydroxylation is 1. The van der Waals surface area contributed by atoms with Crippen molar-refractivity contribution in [3.05, 3.63) is 27.2 Å². The Hall–Kier alpha value is -1.97. The smallest absolute Gasteiger partial charge is 0.333 e. The molecule has 1 atom stereocenters. The number of aromatic nitrogens is 4. The second-order valence-corrected chi connectivity index (χ2v) is 5.90. The second kappa shape index (κ2) is 6.26. The van der Waals surface area contributed by atoms with Crippen LogP contribution in [0.3, 0.4) is 0 Å². The highest BCUT2D eigenvalue weighted by Gasteiger charge is 2.23. The molecule has 3 heterocycles. The molecule has 23 heavy (non-hydrogen) atoms. The Kier molecular flexibility index (Phi) is 4.33. The van der Waals surface area contributed by atoms with Crippen molar-refractivity contribution in [3.63, 3.8) is 0 Å². The number of nitrogens with zero attached hydrogens (tertiary/aromatic N) is 4. The molecule has 1 fully saturated rings. The number of aliphatic hydroxyl groups excluding tert-OH is 1. The van der Waals surface area contributed by atoms with Gasteiger partial charge < -0.3 is 9.84 Å². The number of β-amino-alcohol motifs (C(OH)–C–C–N with tert-alkyl or cyclic N) is 1. The molecule has 0 bridgehead atoms. The molecule has 0 saturated carbocycles. The van der Waals surface area contributed by atoms with Crippen LogP contribution in [0.15, 0.2) is 15.9 Å². The van der Waals surface area contributed by atoms with Crippen molar-refractivity contribution in [1.82, 2.24) is 19.0 Å². The minimum absolute atomic E-state index is 0.283. The number of hydrogen-bond acceptors (Lipinski definition) is 5. The Morgan fingerprint density at radius 1 is 1.30 bits per heavy atom. The molecular weight excluding hydrogens is 302 g/mol. The van der Waals surface area contributed by atoms with Crippen molar-refractivity contribution in [3.8, 4) is 0 Å². The molecule has 2 N–H and O–H groups in total. The monoisotopic (exact) mass is 324 g/mol. The summed E-state index contributed by atoms with van der Waals surface area (Å²) >= 11 is 0. The predicted molar refractivity (Wildman–Crippen MR) is 82.2 cm³/mol. The molecule has 0 radical (unpaired) electrons. The molecule has 0 spiro atoms. The van der Waals surface area contributed by atoms with Crippen LogP contribution in [0.1, 0.15) is 0 Å². The zero-order valence-corrected chi connectivity index (χ0v) is 13.4. The minimum Gasteiger partial charge on any atom is -0.388 e. The van der Waals surface area contributed by atoms with Gasteiger partial charge in [0.2, 0.25) is 6.33 Å². The van der Waals surface area contributed by atoms with E-state index in [2.05, 4.69) is 9.88 Å². The number of hydrogen-bond donors (Lipinski definition) is 2. The SMILES string of the molecule is Cn1c(=O)c2c([nH]c[n+]2CC(O)CN2CCOCC2)n(C)c1=O. The van der Waals surface area contributed by atoms with Gasteiger partial charge in [0.1, 0.15) is 12.6 Å². The molecule has 9 nitrogen and oxygen atoms in total. The quantitative estimate of drug-likeness (QED) is 0.609. The summed E-state index contributed by atoms with van der Waals surface area (Å²) in [5.74, 6) is 0. The third-order valence-corrected chi connectivity index (χ3v) is 4.27. The predicted octanol–water partition coefficient (Wildman–Crippen LogP) is -2.45. The number of imidazole rings is 1. The van der Waals surface area contributed by atoms with E-state index < -0.39 is 6.10 Å². The number of nitrogens with one attached hydrogen (secondary N) is 1. The summed E-state index contributed by atoms with van der Waals surface area (Å²) in [5, 5.41) is 10.3. The summed E-state index contributed by atoms with van der Waals surface area (Å²) in [6, 6.07) is 0. The first kappa shape index (κ1) is 15.9. The van der Waals surface area contributed by atoms with Gasteiger partial charge >= 0.3 is 11.2 Å². The van der Waals surface area contributed by atoms with Crippen LogP contribution < -0.4 is 15.8 Å². The van der Waals surface area contributed by atoms with Crippen LogP contribution in [0.25, 0.3) is 11.2 Å². The average Bonchev–Trinajstić information content (AvgIpc) is 2.95. The van der Waals surface area contributed by atoms with Gasteiger partial charge in [-0.05, 0) is 0 Å². The lowest BCUT2D eigenvalue weighted by Gasteiger charge is -2.27. The van der Waals surface area contributed by atoms with Crippen molar-refractivity contribution in [2.24, 2.45) is 14.1 Å².